The molecule has 1 saturated heterocycles. The van der Waals surface area contributed by atoms with Gasteiger partial charge in [0.25, 0.3) is 5.56 Å². The van der Waals surface area contributed by atoms with Crippen molar-refractivity contribution in [3.8, 4) is 0 Å². The van der Waals surface area contributed by atoms with Crippen molar-refractivity contribution >= 4 is 14.4 Å². The summed E-state index contributed by atoms with van der Waals surface area (Å²) in [4.78, 5) is 42.4. The van der Waals surface area contributed by atoms with Gasteiger partial charge in [0, 0.05) is 30.6 Å². The second kappa shape index (κ2) is 8.56. The number of hydrogen-bond donors (Lipinski definition) is 1. The minimum atomic E-state index is -2.17. The first-order valence-electron chi connectivity index (χ1n) is 10.2. The number of aromatic amines is 1. The second-order valence-electron chi connectivity index (χ2n) is 9.31. The van der Waals surface area contributed by atoms with E-state index in [1.165, 1.54) is 34.1 Å². The number of nitrogens with zero attached hydrogens (tertiary/aromatic N) is 3. The van der Waals surface area contributed by atoms with Gasteiger partial charge < -0.3 is 13.9 Å². The molecular weight excluding hydrogens is 420 g/mol. The van der Waals surface area contributed by atoms with Gasteiger partial charge in [-0.05, 0) is 25.1 Å². The Balaban J connectivity index is 1.82. The zero-order chi connectivity index (χ0) is 23.0. The highest BCUT2D eigenvalue weighted by atomic mass is 28.4. The fraction of sp³-hybridized carbons (Fsp3) is 0.600. The summed E-state index contributed by atoms with van der Waals surface area (Å²) in [6.45, 7) is 12.3. The monoisotopic (exact) mass is 450 g/mol. The van der Waals surface area contributed by atoms with Crippen LogP contribution in [0.4, 0.5) is 4.79 Å². The molecule has 1 aliphatic heterocycles. The minimum Gasteiger partial charge on any atom is -0.446 e. The van der Waals surface area contributed by atoms with E-state index in [0.717, 1.165) is 0 Å². The Bertz CT molecular complexity index is 1040. The Hall–Kier alpha value is -2.50. The Morgan fingerprint density at radius 2 is 2.06 bits per heavy atom. The third-order valence-corrected chi connectivity index (χ3v) is 10.5. The maximum Gasteiger partial charge on any atom is 0.419 e. The molecule has 31 heavy (non-hydrogen) atoms. The van der Waals surface area contributed by atoms with E-state index in [9.17, 15) is 14.4 Å². The normalized spacial score (nSPS) is 21.9. The van der Waals surface area contributed by atoms with Crippen LogP contribution in [0.1, 0.15) is 39.0 Å². The molecule has 0 bridgehead atoms. The van der Waals surface area contributed by atoms with E-state index in [4.69, 9.17) is 13.9 Å². The van der Waals surface area contributed by atoms with Gasteiger partial charge in [-0.15, -0.1) is 0 Å². The van der Waals surface area contributed by atoms with E-state index in [-0.39, 0.29) is 17.7 Å². The number of carbonyl (C=O) groups excluding carboxylic acids is 1. The van der Waals surface area contributed by atoms with Crippen LogP contribution in [0.2, 0.25) is 18.1 Å². The van der Waals surface area contributed by atoms with Crippen LogP contribution in [0.25, 0.3) is 0 Å². The average Bonchev–Trinajstić information content (AvgIpc) is 3.32. The molecule has 0 saturated carbocycles. The molecular formula is C20H30N4O6Si. The summed E-state index contributed by atoms with van der Waals surface area (Å²) in [5, 5.41) is -0.0332. The fourth-order valence-electron chi connectivity index (χ4n) is 3.10. The summed E-state index contributed by atoms with van der Waals surface area (Å²) >= 11 is 0. The van der Waals surface area contributed by atoms with E-state index in [2.05, 4.69) is 43.8 Å². The van der Waals surface area contributed by atoms with Gasteiger partial charge in [-0.3, -0.25) is 14.3 Å². The summed E-state index contributed by atoms with van der Waals surface area (Å²) in [6, 6.07) is 0. The molecule has 1 aliphatic rings. The second-order valence-corrected chi connectivity index (χ2v) is 14.1. The van der Waals surface area contributed by atoms with Crippen LogP contribution in [-0.4, -0.2) is 52.3 Å². The topological polar surface area (TPSA) is 117 Å². The molecule has 2 aromatic heterocycles. The standard InChI is InChI=1S/C20H30N4O6Si/c1-13-10-24(18(26)22-17(13)25)16-9-14(30-31(5,6)20(2,3)4)15(29-16)11-28-19(27)23-8-7-21-12-23/h7-8,10,12,14-16H,9,11H2,1-6H3,(H,22,25,26)/t14-,15+,16+/m0/s1. The summed E-state index contributed by atoms with van der Waals surface area (Å²) < 4.78 is 20.7. The van der Waals surface area contributed by atoms with Gasteiger partial charge in [-0.1, -0.05) is 20.8 Å². The lowest BCUT2D eigenvalue weighted by Crippen LogP contribution is -2.46. The zero-order valence-electron chi connectivity index (χ0n) is 18.7. The molecule has 2 aromatic rings. The maximum atomic E-state index is 12.4. The molecule has 0 spiro atoms. The first-order valence-corrected chi connectivity index (χ1v) is 13.1. The fourth-order valence-corrected chi connectivity index (χ4v) is 4.45. The number of hydrogen-bond acceptors (Lipinski definition) is 7. The lowest BCUT2D eigenvalue weighted by molar-refractivity contribution is -0.0469. The van der Waals surface area contributed by atoms with E-state index in [1.807, 2.05) is 0 Å². The molecule has 3 heterocycles. The van der Waals surface area contributed by atoms with Crippen molar-refractivity contribution in [1.82, 2.24) is 19.1 Å². The van der Waals surface area contributed by atoms with Crippen LogP contribution in [0, 0.1) is 6.92 Å². The van der Waals surface area contributed by atoms with E-state index < -0.39 is 38.0 Å². The molecule has 170 valence electrons. The van der Waals surface area contributed by atoms with Crippen LogP contribution in [0.3, 0.4) is 0 Å². The van der Waals surface area contributed by atoms with Crippen molar-refractivity contribution in [2.45, 2.75) is 70.7 Å². The number of H-pyrrole nitrogens is 1. The molecule has 0 amide bonds. The van der Waals surface area contributed by atoms with Gasteiger partial charge in [0.05, 0.1) is 6.10 Å². The molecule has 10 nitrogen and oxygen atoms in total. The average molecular weight is 451 g/mol. The Kier molecular flexibility index (Phi) is 6.39. The van der Waals surface area contributed by atoms with Crippen molar-refractivity contribution < 1.29 is 18.7 Å². The first kappa shape index (κ1) is 23.2. The highest BCUT2D eigenvalue weighted by molar-refractivity contribution is 6.74. The van der Waals surface area contributed by atoms with Crippen LogP contribution in [0.5, 0.6) is 0 Å². The van der Waals surface area contributed by atoms with Gasteiger partial charge in [0.1, 0.15) is 25.3 Å². The zero-order valence-corrected chi connectivity index (χ0v) is 19.7. The van der Waals surface area contributed by atoms with Gasteiger partial charge in [0.15, 0.2) is 8.32 Å². The quantitative estimate of drug-likeness (QED) is 0.695. The smallest absolute Gasteiger partial charge is 0.419 e. The van der Waals surface area contributed by atoms with Crippen LogP contribution in [0.15, 0.2) is 34.5 Å². The summed E-state index contributed by atoms with van der Waals surface area (Å²) in [6.07, 6.45) is 4.05. The molecule has 3 atom stereocenters. The Morgan fingerprint density at radius 3 is 2.68 bits per heavy atom. The molecule has 3 rings (SSSR count). The molecule has 11 heteroatoms. The number of ether oxygens (including phenoxy) is 2. The van der Waals surface area contributed by atoms with Crippen molar-refractivity contribution in [2.75, 3.05) is 6.61 Å². The predicted molar refractivity (Wildman–Crippen MR) is 116 cm³/mol. The van der Waals surface area contributed by atoms with Gasteiger partial charge >= 0.3 is 11.8 Å². The molecule has 0 aromatic carbocycles. The minimum absolute atomic E-state index is 0.0332. The van der Waals surface area contributed by atoms with Gasteiger partial charge in [-0.2, -0.15) is 0 Å². The highest BCUT2D eigenvalue weighted by Crippen LogP contribution is 2.41. The molecule has 0 radical (unpaired) electrons. The number of aromatic nitrogens is 4. The molecule has 1 fully saturated rings. The number of aryl methyl sites for hydroxylation is 1. The third kappa shape index (κ3) is 5.05. The van der Waals surface area contributed by atoms with Gasteiger partial charge in [0.2, 0.25) is 0 Å². The van der Waals surface area contributed by atoms with Crippen molar-refractivity contribution in [3.63, 3.8) is 0 Å². The van der Waals surface area contributed by atoms with Gasteiger partial charge in [-0.25, -0.2) is 19.1 Å². The lowest BCUT2D eigenvalue weighted by Gasteiger charge is -2.39. The number of nitrogens with one attached hydrogen (secondary N) is 1. The van der Waals surface area contributed by atoms with Crippen LogP contribution < -0.4 is 11.2 Å². The summed E-state index contributed by atoms with van der Waals surface area (Å²) in [5.74, 6) is 0. The van der Waals surface area contributed by atoms with E-state index in [1.54, 1.807) is 6.92 Å². The lowest BCUT2D eigenvalue weighted by atomic mass is 10.2. The number of carbonyl (C=O) groups is 1. The Morgan fingerprint density at radius 1 is 1.35 bits per heavy atom. The van der Waals surface area contributed by atoms with Crippen LogP contribution in [-0.2, 0) is 13.9 Å². The molecule has 0 aliphatic carbocycles. The first-order chi connectivity index (χ1) is 14.4. The largest absolute Gasteiger partial charge is 0.446 e. The summed E-state index contributed by atoms with van der Waals surface area (Å²) in [7, 11) is -2.17. The molecule has 1 N–H and O–H groups in total. The van der Waals surface area contributed by atoms with Crippen molar-refractivity contribution in [3.05, 3.63) is 51.3 Å². The summed E-state index contributed by atoms with van der Waals surface area (Å²) in [5.41, 5.74) is -0.582. The van der Waals surface area contributed by atoms with E-state index >= 15 is 0 Å². The highest BCUT2D eigenvalue weighted by Gasteiger charge is 2.45. The third-order valence-electron chi connectivity index (χ3n) is 5.98. The SMILES string of the molecule is Cc1cn([C@H]2C[C@H](O[Si](C)(C)C(C)(C)C)[C@@H](COC(=O)n3ccnc3)O2)c(=O)[nH]c1=O. The number of imidazole rings is 1. The predicted octanol–water partition coefficient (Wildman–Crippen LogP) is 2.40. The maximum absolute atomic E-state index is 12.4. The van der Waals surface area contributed by atoms with E-state index in [0.29, 0.717) is 12.0 Å². The Labute approximate surface area is 181 Å². The van der Waals surface area contributed by atoms with Crippen LogP contribution >= 0.6 is 0 Å². The molecule has 0 unspecified atom stereocenters. The van der Waals surface area contributed by atoms with Crippen molar-refractivity contribution in [1.29, 1.82) is 0 Å². The number of rotatable bonds is 5. The van der Waals surface area contributed by atoms with Crippen molar-refractivity contribution in [2.24, 2.45) is 0 Å².